The first-order valence-electron chi connectivity index (χ1n) is 7.69. The normalized spacial score (nSPS) is 20.9. The van der Waals surface area contributed by atoms with Crippen molar-refractivity contribution in [3.05, 3.63) is 58.8 Å². The Kier molecular flexibility index (Phi) is 3.16. The number of hydrogen-bond donors (Lipinski definition) is 1. The molecule has 0 radical (unpaired) electrons. The molecule has 1 aromatic carbocycles. The molecule has 2 heterocycles. The molecule has 1 N–H and O–H groups in total. The number of hydrogen-bond acceptors (Lipinski definition) is 4. The fourth-order valence-electron chi connectivity index (χ4n) is 3.74. The lowest BCUT2D eigenvalue weighted by atomic mass is 9.79. The molecule has 2 aromatic rings. The number of rotatable bonds is 3. The number of aromatic nitrogens is 1. The van der Waals surface area contributed by atoms with Gasteiger partial charge >= 0.3 is 0 Å². The van der Waals surface area contributed by atoms with E-state index in [4.69, 9.17) is 0 Å². The molecule has 2 aliphatic rings. The molecule has 0 saturated carbocycles. The summed E-state index contributed by atoms with van der Waals surface area (Å²) in [4.78, 5) is 31.6. The van der Waals surface area contributed by atoms with E-state index in [1.165, 1.54) is 6.08 Å². The summed E-state index contributed by atoms with van der Waals surface area (Å²) >= 11 is 0. The average molecular weight is 317 g/mol. The quantitative estimate of drug-likeness (QED) is 0.537. The third kappa shape index (κ3) is 1.94. The van der Waals surface area contributed by atoms with Crippen LogP contribution in [0, 0.1) is 0 Å². The number of carbonyl (C=O) groups is 2. The zero-order valence-electron chi connectivity index (χ0n) is 13.0. The summed E-state index contributed by atoms with van der Waals surface area (Å²) in [6.07, 6.45) is 6.80. The van der Waals surface area contributed by atoms with Crippen molar-refractivity contribution in [3.63, 3.8) is 0 Å². The minimum atomic E-state index is -0.600. The lowest BCUT2D eigenvalue weighted by Gasteiger charge is -2.20. The maximum atomic E-state index is 12.7. The Morgan fingerprint density at radius 1 is 1.29 bits per heavy atom. The highest BCUT2D eigenvalue weighted by molar-refractivity contribution is 6.06. The molecule has 1 amide bonds. The van der Waals surface area contributed by atoms with Gasteiger partial charge in [0.2, 0.25) is 5.91 Å². The number of allylic oxidation sites excluding steroid dienone is 1. The molecule has 0 bridgehead atoms. The molecule has 1 unspecified atom stereocenters. The minimum Gasteiger partial charge on any atom is -0.310 e. The Hall–Kier alpha value is -3.08. The fourth-order valence-corrected chi connectivity index (χ4v) is 3.74. The van der Waals surface area contributed by atoms with Gasteiger partial charge in [0, 0.05) is 17.3 Å². The molecular formula is C19H15N3O2. The van der Waals surface area contributed by atoms with E-state index in [-0.39, 0.29) is 5.91 Å². The number of amides is 1. The van der Waals surface area contributed by atoms with Crippen molar-refractivity contribution in [3.8, 4) is 0 Å². The van der Waals surface area contributed by atoms with Crippen molar-refractivity contribution in [1.29, 1.82) is 0 Å². The number of aldehydes is 1. The van der Waals surface area contributed by atoms with Crippen molar-refractivity contribution < 1.29 is 9.59 Å². The van der Waals surface area contributed by atoms with E-state index in [1.54, 1.807) is 12.3 Å². The predicted molar refractivity (Wildman–Crippen MR) is 92.7 cm³/mol. The van der Waals surface area contributed by atoms with Gasteiger partial charge in [-0.05, 0) is 61.0 Å². The topological polar surface area (TPSA) is 71.4 Å². The molecule has 1 spiro atoms. The standard InChI is InChI=1S/C19H15N3O2/c1-20-16-9-14-11-19(10-13(14)8-12(16)4-3-7-23)15-5-2-6-21-17(15)22-18(19)24/h2-9H,1,10-11H2,(H,21,22,24)/b4-3+. The highest BCUT2D eigenvalue weighted by Gasteiger charge is 2.51. The minimum absolute atomic E-state index is 0.00880. The van der Waals surface area contributed by atoms with Gasteiger partial charge in [-0.1, -0.05) is 6.07 Å². The van der Waals surface area contributed by atoms with Gasteiger partial charge in [0.1, 0.15) is 12.1 Å². The van der Waals surface area contributed by atoms with E-state index in [9.17, 15) is 9.59 Å². The molecule has 5 nitrogen and oxygen atoms in total. The van der Waals surface area contributed by atoms with E-state index >= 15 is 0 Å². The van der Waals surface area contributed by atoms with Gasteiger partial charge in [0.05, 0.1) is 11.1 Å². The van der Waals surface area contributed by atoms with Gasteiger partial charge in [0.25, 0.3) is 0 Å². The first-order valence-corrected chi connectivity index (χ1v) is 7.69. The fraction of sp³-hybridized carbons (Fsp3) is 0.158. The molecule has 1 aliphatic heterocycles. The average Bonchev–Trinajstić information content (AvgIpc) is 3.10. The van der Waals surface area contributed by atoms with E-state index in [2.05, 4.69) is 22.0 Å². The van der Waals surface area contributed by atoms with Gasteiger partial charge in [0.15, 0.2) is 0 Å². The largest absolute Gasteiger partial charge is 0.310 e. The number of aliphatic imine (C=N–C) groups is 1. The number of nitrogens with zero attached hydrogens (tertiary/aromatic N) is 2. The summed E-state index contributed by atoms with van der Waals surface area (Å²) in [5, 5.41) is 2.90. The number of nitrogens with one attached hydrogen (secondary N) is 1. The van der Waals surface area contributed by atoms with Gasteiger partial charge in [-0.25, -0.2) is 4.98 Å². The summed E-state index contributed by atoms with van der Waals surface area (Å²) in [5.41, 5.74) is 4.08. The van der Waals surface area contributed by atoms with E-state index in [1.807, 2.05) is 24.3 Å². The number of pyridine rings is 1. The van der Waals surface area contributed by atoms with Crippen LogP contribution in [0.1, 0.15) is 22.3 Å². The molecular weight excluding hydrogens is 302 g/mol. The first kappa shape index (κ1) is 14.5. The second kappa shape index (κ2) is 5.23. The Morgan fingerprint density at radius 3 is 2.83 bits per heavy atom. The Morgan fingerprint density at radius 2 is 2.08 bits per heavy atom. The zero-order valence-corrected chi connectivity index (χ0v) is 13.0. The number of anilines is 1. The van der Waals surface area contributed by atoms with Crippen molar-refractivity contribution >= 4 is 36.5 Å². The highest BCUT2D eigenvalue weighted by atomic mass is 16.2. The number of benzene rings is 1. The second-order valence-electron chi connectivity index (χ2n) is 6.12. The molecule has 1 aliphatic carbocycles. The van der Waals surface area contributed by atoms with Crippen LogP contribution in [-0.2, 0) is 27.8 Å². The maximum absolute atomic E-state index is 12.7. The number of fused-ring (bicyclic) bond motifs is 3. The molecule has 5 heteroatoms. The first-order chi connectivity index (χ1) is 11.7. The third-order valence-electron chi connectivity index (χ3n) is 4.85. The van der Waals surface area contributed by atoms with Crippen molar-refractivity contribution in [2.24, 2.45) is 4.99 Å². The molecule has 0 fully saturated rings. The van der Waals surface area contributed by atoms with Gasteiger partial charge < -0.3 is 5.32 Å². The summed E-state index contributed by atoms with van der Waals surface area (Å²) < 4.78 is 0. The van der Waals surface area contributed by atoms with Crippen LogP contribution < -0.4 is 5.32 Å². The van der Waals surface area contributed by atoms with Crippen LogP contribution in [-0.4, -0.2) is 23.9 Å². The van der Waals surface area contributed by atoms with Crippen molar-refractivity contribution in [1.82, 2.24) is 4.98 Å². The van der Waals surface area contributed by atoms with Crippen molar-refractivity contribution in [2.75, 3.05) is 5.32 Å². The lowest BCUT2D eigenvalue weighted by molar-refractivity contribution is -0.120. The Balaban J connectivity index is 1.82. The zero-order chi connectivity index (χ0) is 16.7. The van der Waals surface area contributed by atoms with Crippen LogP contribution in [0.2, 0.25) is 0 Å². The predicted octanol–water partition coefficient (Wildman–Crippen LogP) is 2.61. The third-order valence-corrected chi connectivity index (χ3v) is 4.85. The molecule has 0 saturated heterocycles. The van der Waals surface area contributed by atoms with E-state index in [0.717, 1.165) is 28.5 Å². The van der Waals surface area contributed by atoms with Crippen LogP contribution in [0.5, 0.6) is 0 Å². The molecule has 1 atom stereocenters. The Labute approximate surface area is 139 Å². The van der Waals surface area contributed by atoms with Crippen LogP contribution in [0.25, 0.3) is 6.08 Å². The summed E-state index contributed by atoms with van der Waals surface area (Å²) in [7, 11) is 0. The lowest BCUT2D eigenvalue weighted by Crippen LogP contribution is -2.35. The smallest absolute Gasteiger partial charge is 0.237 e. The van der Waals surface area contributed by atoms with Crippen LogP contribution in [0.15, 0.2) is 41.5 Å². The molecule has 4 rings (SSSR count). The second-order valence-corrected chi connectivity index (χ2v) is 6.12. The maximum Gasteiger partial charge on any atom is 0.237 e. The Bertz CT molecular complexity index is 917. The van der Waals surface area contributed by atoms with E-state index < -0.39 is 5.41 Å². The monoisotopic (exact) mass is 317 g/mol. The van der Waals surface area contributed by atoms with Crippen LogP contribution >= 0.6 is 0 Å². The SMILES string of the molecule is C=Nc1cc2c(cc1/C=C/C=O)CC1(C2)C(=O)Nc2ncccc21. The van der Waals surface area contributed by atoms with Gasteiger partial charge in [-0.2, -0.15) is 0 Å². The van der Waals surface area contributed by atoms with Crippen LogP contribution in [0.3, 0.4) is 0 Å². The van der Waals surface area contributed by atoms with Gasteiger partial charge in [-0.3, -0.25) is 14.6 Å². The summed E-state index contributed by atoms with van der Waals surface area (Å²) in [6.45, 7) is 3.60. The van der Waals surface area contributed by atoms with E-state index in [0.29, 0.717) is 24.3 Å². The molecule has 24 heavy (non-hydrogen) atoms. The van der Waals surface area contributed by atoms with Gasteiger partial charge in [-0.15, -0.1) is 0 Å². The summed E-state index contributed by atoms with van der Waals surface area (Å²) in [6, 6.07) is 7.78. The van der Waals surface area contributed by atoms with Crippen LogP contribution in [0.4, 0.5) is 11.5 Å². The highest BCUT2D eigenvalue weighted by Crippen LogP contribution is 2.47. The number of carbonyl (C=O) groups excluding carboxylic acids is 2. The molecule has 118 valence electrons. The van der Waals surface area contributed by atoms with Crippen molar-refractivity contribution in [2.45, 2.75) is 18.3 Å². The summed E-state index contributed by atoms with van der Waals surface area (Å²) in [5.74, 6) is 0.643. The molecule has 1 aromatic heterocycles.